The van der Waals surface area contributed by atoms with Crippen molar-refractivity contribution >= 4 is 21.6 Å². The molecule has 3 rings (SSSR count). The van der Waals surface area contributed by atoms with Crippen LogP contribution in [0, 0.1) is 6.92 Å². The van der Waals surface area contributed by atoms with Gasteiger partial charge in [-0.1, -0.05) is 29.5 Å². The summed E-state index contributed by atoms with van der Waals surface area (Å²) < 4.78 is 32.7. The molecule has 3 nitrogen and oxygen atoms in total. The van der Waals surface area contributed by atoms with Crippen molar-refractivity contribution in [3.8, 4) is 5.75 Å². The minimum atomic E-state index is -3.21. The third-order valence-corrected chi connectivity index (χ3v) is 4.33. The Morgan fingerprint density at radius 2 is 1.87 bits per heavy atom. The van der Waals surface area contributed by atoms with Crippen LogP contribution in [-0.4, -0.2) is 10.7 Å². The maximum Gasteiger partial charge on any atom is 0.394 e. The first-order valence-corrected chi connectivity index (χ1v) is 7.89. The zero-order chi connectivity index (χ0) is 16.6. The predicted octanol–water partition coefficient (Wildman–Crippen LogP) is 4.41. The predicted molar refractivity (Wildman–Crippen MR) is 87.6 cm³/mol. The highest BCUT2D eigenvalue weighted by atomic mass is 32.1. The molecule has 1 aromatic heterocycles. The average molecular weight is 335 g/mol. The van der Waals surface area contributed by atoms with Crippen LogP contribution in [0.5, 0.6) is 5.75 Å². The Bertz CT molecular complexity index is 892. The number of hydrogen-bond donors (Lipinski definition) is 0. The Hall–Kier alpha value is -2.21. The Balaban J connectivity index is 1.88. The average Bonchev–Trinajstić information content (AvgIpc) is 2.74. The van der Waals surface area contributed by atoms with Crippen molar-refractivity contribution in [2.24, 2.45) is 0 Å². The van der Waals surface area contributed by atoms with Crippen LogP contribution in [0.4, 0.5) is 8.78 Å². The Morgan fingerprint density at radius 3 is 2.52 bits per heavy atom. The van der Waals surface area contributed by atoms with E-state index in [9.17, 15) is 13.6 Å². The van der Waals surface area contributed by atoms with E-state index in [1.54, 1.807) is 16.7 Å². The fourth-order valence-electron chi connectivity index (χ4n) is 2.38. The van der Waals surface area contributed by atoms with Crippen LogP contribution in [0.15, 0.2) is 47.3 Å². The minimum absolute atomic E-state index is 0.0361. The van der Waals surface area contributed by atoms with Crippen molar-refractivity contribution in [1.29, 1.82) is 0 Å². The second-order valence-corrected chi connectivity index (χ2v) is 6.47. The van der Waals surface area contributed by atoms with Gasteiger partial charge in [-0.25, -0.2) is 0 Å². The van der Waals surface area contributed by atoms with Crippen molar-refractivity contribution < 1.29 is 13.5 Å². The van der Waals surface area contributed by atoms with Crippen LogP contribution in [0.1, 0.15) is 18.1 Å². The summed E-state index contributed by atoms with van der Waals surface area (Å²) in [6, 6.07) is 12.2. The van der Waals surface area contributed by atoms with Gasteiger partial charge in [0.2, 0.25) is 0 Å². The van der Waals surface area contributed by atoms with E-state index in [-0.39, 0.29) is 10.6 Å². The lowest BCUT2D eigenvalue weighted by atomic mass is 10.2. The summed E-state index contributed by atoms with van der Waals surface area (Å²) in [5, 5.41) is 0. The number of aryl methyl sites for hydroxylation is 1. The number of halogens is 2. The number of benzene rings is 2. The highest BCUT2D eigenvalue weighted by molar-refractivity contribution is 7.16. The van der Waals surface area contributed by atoms with Gasteiger partial charge < -0.3 is 4.74 Å². The van der Waals surface area contributed by atoms with Crippen molar-refractivity contribution in [3.05, 3.63) is 63.3 Å². The van der Waals surface area contributed by atoms with Gasteiger partial charge >= 0.3 is 11.0 Å². The molecule has 0 radical (unpaired) electrons. The van der Waals surface area contributed by atoms with Crippen LogP contribution in [0.3, 0.4) is 0 Å². The normalized spacial score (nSPS) is 11.8. The van der Waals surface area contributed by atoms with E-state index >= 15 is 0 Å². The van der Waals surface area contributed by atoms with E-state index in [0.717, 1.165) is 21.3 Å². The molecule has 1 heterocycles. The van der Waals surface area contributed by atoms with Gasteiger partial charge in [0.1, 0.15) is 5.75 Å². The van der Waals surface area contributed by atoms with Crippen molar-refractivity contribution in [3.63, 3.8) is 0 Å². The molecular weight excluding hydrogens is 320 g/mol. The molecule has 23 heavy (non-hydrogen) atoms. The lowest BCUT2D eigenvalue weighted by Gasteiger charge is -2.13. The molecule has 0 saturated carbocycles. The van der Waals surface area contributed by atoms with Gasteiger partial charge in [0, 0.05) is 6.92 Å². The SMILES string of the molecule is Cc1ccc2c(c1)sc(=O)n2Cc1ccc(OC(C)(F)F)cc1. The number of fused-ring (bicyclic) bond motifs is 1. The van der Waals surface area contributed by atoms with Crippen LogP contribution in [-0.2, 0) is 6.54 Å². The Morgan fingerprint density at radius 1 is 1.17 bits per heavy atom. The van der Waals surface area contributed by atoms with Gasteiger partial charge in [-0.3, -0.25) is 9.36 Å². The summed E-state index contributed by atoms with van der Waals surface area (Å²) in [5.41, 5.74) is 2.83. The number of thiazole rings is 1. The molecule has 0 atom stereocenters. The monoisotopic (exact) mass is 335 g/mol. The number of hydrogen-bond acceptors (Lipinski definition) is 3. The van der Waals surface area contributed by atoms with Gasteiger partial charge in [-0.15, -0.1) is 0 Å². The number of alkyl halides is 2. The van der Waals surface area contributed by atoms with Crippen LogP contribution in [0.2, 0.25) is 0 Å². The first kappa shape index (κ1) is 15.7. The summed E-state index contributed by atoms with van der Waals surface area (Å²) in [7, 11) is 0. The minimum Gasteiger partial charge on any atom is -0.433 e. The molecule has 0 aliphatic rings. The molecule has 3 aromatic rings. The number of nitrogens with zero attached hydrogens (tertiary/aromatic N) is 1. The topological polar surface area (TPSA) is 31.2 Å². The molecule has 0 bridgehead atoms. The molecule has 0 amide bonds. The van der Waals surface area contributed by atoms with Crippen molar-refractivity contribution in [1.82, 2.24) is 4.57 Å². The van der Waals surface area contributed by atoms with Gasteiger partial charge in [-0.2, -0.15) is 8.78 Å². The summed E-state index contributed by atoms with van der Waals surface area (Å²) in [6.07, 6.45) is -3.21. The second kappa shape index (κ2) is 5.77. The number of rotatable bonds is 4. The first-order valence-electron chi connectivity index (χ1n) is 7.07. The third-order valence-electron chi connectivity index (χ3n) is 3.38. The van der Waals surface area contributed by atoms with E-state index in [0.29, 0.717) is 13.5 Å². The first-order chi connectivity index (χ1) is 10.8. The summed E-state index contributed by atoms with van der Waals surface area (Å²) >= 11 is 1.21. The third kappa shape index (κ3) is 3.59. The Kier molecular flexibility index (Phi) is 3.93. The van der Waals surface area contributed by atoms with Gasteiger partial charge in [0.05, 0.1) is 16.8 Å². The molecule has 6 heteroatoms. The van der Waals surface area contributed by atoms with Crippen LogP contribution in [0.25, 0.3) is 10.2 Å². The largest absolute Gasteiger partial charge is 0.433 e. The van der Waals surface area contributed by atoms with Crippen LogP contribution < -0.4 is 9.61 Å². The lowest BCUT2D eigenvalue weighted by Crippen LogP contribution is -2.19. The van der Waals surface area contributed by atoms with Crippen molar-refractivity contribution in [2.75, 3.05) is 0 Å². The van der Waals surface area contributed by atoms with E-state index in [1.165, 1.54) is 23.5 Å². The molecule has 120 valence electrons. The molecule has 0 unspecified atom stereocenters. The molecule has 0 fully saturated rings. The highest BCUT2D eigenvalue weighted by Crippen LogP contribution is 2.23. The fraction of sp³-hybridized carbons (Fsp3) is 0.235. The van der Waals surface area contributed by atoms with E-state index < -0.39 is 6.11 Å². The smallest absolute Gasteiger partial charge is 0.394 e. The Labute approximate surface area is 135 Å². The van der Waals surface area contributed by atoms with Crippen LogP contribution >= 0.6 is 11.3 Å². The maximum atomic E-state index is 12.8. The zero-order valence-corrected chi connectivity index (χ0v) is 13.5. The quantitative estimate of drug-likeness (QED) is 0.707. The molecule has 0 spiro atoms. The molecule has 2 aromatic carbocycles. The summed E-state index contributed by atoms with van der Waals surface area (Å²) in [5.74, 6) is 0.0967. The molecule has 0 saturated heterocycles. The molecule has 0 aliphatic heterocycles. The standard InChI is InChI=1S/C17H15F2NO2S/c1-11-3-8-14-15(9-11)23-16(21)20(14)10-12-4-6-13(7-5-12)22-17(2,18)19/h3-9H,10H2,1-2H3. The molecule has 0 aliphatic carbocycles. The molecular formula is C17H15F2NO2S. The fourth-order valence-corrected chi connectivity index (χ4v) is 3.36. The van der Waals surface area contributed by atoms with Crippen molar-refractivity contribution in [2.45, 2.75) is 26.5 Å². The number of aromatic nitrogens is 1. The summed E-state index contributed by atoms with van der Waals surface area (Å²) in [4.78, 5) is 12.1. The van der Waals surface area contributed by atoms with E-state index in [2.05, 4.69) is 4.74 Å². The van der Waals surface area contributed by atoms with Gasteiger partial charge in [-0.05, 0) is 42.3 Å². The van der Waals surface area contributed by atoms with Gasteiger partial charge in [0.25, 0.3) is 0 Å². The van der Waals surface area contributed by atoms with Gasteiger partial charge in [0.15, 0.2) is 0 Å². The maximum absolute atomic E-state index is 12.8. The highest BCUT2D eigenvalue weighted by Gasteiger charge is 2.22. The summed E-state index contributed by atoms with van der Waals surface area (Å²) in [6.45, 7) is 3.07. The molecule has 0 N–H and O–H groups in total. The zero-order valence-electron chi connectivity index (χ0n) is 12.7. The van der Waals surface area contributed by atoms with E-state index in [1.807, 2.05) is 25.1 Å². The van der Waals surface area contributed by atoms with E-state index in [4.69, 9.17) is 0 Å². The second-order valence-electron chi connectivity index (χ2n) is 5.48. The lowest BCUT2D eigenvalue weighted by molar-refractivity contribution is -0.158. The number of ether oxygens (including phenoxy) is 1.